The van der Waals surface area contributed by atoms with E-state index in [-0.39, 0.29) is 24.0 Å². The van der Waals surface area contributed by atoms with Crippen LogP contribution in [-0.2, 0) is 9.53 Å². The van der Waals surface area contributed by atoms with Crippen LogP contribution in [0.2, 0.25) is 0 Å². The van der Waals surface area contributed by atoms with E-state index in [1.807, 2.05) is 43.0 Å². The van der Waals surface area contributed by atoms with Crippen molar-refractivity contribution in [3.8, 4) is 0 Å². The third-order valence-electron chi connectivity index (χ3n) is 5.13. The molecule has 2 unspecified atom stereocenters. The fourth-order valence-electron chi connectivity index (χ4n) is 3.93. The predicted octanol–water partition coefficient (Wildman–Crippen LogP) is 2.68. The van der Waals surface area contributed by atoms with Gasteiger partial charge in [-0.05, 0) is 38.8 Å². The minimum Gasteiger partial charge on any atom is -0.423 e. The first kappa shape index (κ1) is 16.4. The van der Waals surface area contributed by atoms with Crippen LogP contribution in [0.1, 0.15) is 26.7 Å². The Morgan fingerprint density at radius 3 is 2.48 bits per heavy atom. The summed E-state index contributed by atoms with van der Waals surface area (Å²) in [6.45, 7) is 7.08. The standard InChI is InChI=1S/C19H25N3O3/c1-13-11-22(12-14(2)24-13)18(23)15-7-9-21(10-8-15)19-20-16-5-3-4-6-17(16)25-19/h3-6,13-15H,7-12H2,1-2H3. The van der Waals surface area contributed by atoms with Gasteiger partial charge in [0.1, 0.15) is 5.52 Å². The Balaban J connectivity index is 1.38. The zero-order chi connectivity index (χ0) is 17.4. The molecule has 134 valence electrons. The van der Waals surface area contributed by atoms with E-state index in [2.05, 4.69) is 9.88 Å². The van der Waals surface area contributed by atoms with Gasteiger partial charge in [-0.25, -0.2) is 0 Å². The molecule has 4 rings (SSSR count). The van der Waals surface area contributed by atoms with Crippen molar-refractivity contribution in [1.29, 1.82) is 0 Å². The second-order valence-corrected chi connectivity index (χ2v) is 7.23. The quantitative estimate of drug-likeness (QED) is 0.839. The molecule has 3 heterocycles. The van der Waals surface area contributed by atoms with Crippen LogP contribution in [0, 0.1) is 5.92 Å². The number of morpholine rings is 1. The van der Waals surface area contributed by atoms with Crippen LogP contribution in [0.4, 0.5) is 6.01 Å². The fraction of sp³-hybridized carbons (Fsp3) is 0.579. The highest BCUT2D eigenvalue weighted by molar-refractivity contribution is 5.79. The van der Waals surface area contributed by atoms with Crippen LogP contribution in [0.25, 0.3) is 11.1 Å². The molecular formula is C19H25N3O3. The summed E-state index contributed by atoms with van der Waals surface area (Å²) >= 11 is 0. The van der Waals surface area contributed by atoms with E-state index in [1.54, 1.807) is 0 Å². The number of oxazole rings is 1. The van der Waals surface area contributed by atoms with Crippen molar-refractivity contribution in [3.05, 3.63) is 24.3 Å². The molecule has 1 aromatic carbocycles. The minimum atomic E-state index is 0.0955. The number of para-hydroxylation sites is 2. The van der Waals surface area contributed by atoms with E-state index >= 15 is 0 Å². The van der Waals surface area contributed by atoms with E-state index in [0.29, 0.717) is 19.1 Å². The highest BCUT2D eigenvalue weighted by atomic mass is 16.5. The molecule has 0 spiro atoms. The number of hydrogen-bond acceptors (Lipinski definition) is 5. The van der Waals surface area contributed by atoms with Crippen molar-refractivity contribution < 1.29 is 13.9 Å². The lowest BCUT2D eigenvalue weighted by Gasteiger charge is -2.39. The van der Waals surface area contributed by atoms with Crippen molar-refractivity contribution in [2.45, 2.75) is 38.9 Å². The number of anilines is 1. The number of fused-ring (bicyclic) bond motifs is 1. The first-order valence-electron chi connectivity index (χ1n) is 9.15. The van der Waals surface area contributed by atoms with Gasteiger partial charge in [0.05, 0.1) is 12.2 Å². The first-order valence-corrected chi connectivity index (χ1v) is 9.15. The van der Waals surface area contributed by atoms with Crippen LogP contribution in [-0.4, -0.2) is 54.2 Å². The average molecular weight is 343 g/mol. The van der Waals surface area contributed by atoms with Crippen molar-refractivity contribution in [2.75, 3.05) is 31.1 Å². The van der Waals surface area contributed by atoms with Gasteiger partial charge in [0.2, 0.25) is 5.91 Å². The smallest absolute Gasteiger partial charge is 0.298 e. The zero-order valence-corrected chi connectivity index (χ0v) is 14.9. The zero-order valence-electron chi connectivity index (χ0n) is 14.9. The number of rotatable bonds is 2. The Kier molecular flexibility index (Phi) is 4.37. The number of ether oxygens (including phenoxy) is 1. The van der Waals surface area contributed by atoms with Gasteiger partial charge < -0.3 is 19.0 Å². The Bertz CT molecular complexity index is 708. The molecule has 0 radical (unpaired) electrons. The summed E-state index contributed by atoms with van der Waals surface area (Å²) in [5.41, 5.74) is 1.69. The van der Waals surface area contributed by atoms with E-state index in [1.165, 1.54) is 0 Å². The molecule has 6 nitrogen and oxygen atoms in total. The number of amides is 1. The molecular weight excluding hydrogens is 318 g/mol. The summed E-state index contributed by atoms with van der Waals surface area (Å²) in [5, 5.41) is 0. The van der Waals surface area contributed by atoms with Gasteiger partial charge in [-0.1, -0.05) is 12.1 Å². The third-order valence-corrected chi connectivity index (χ3v) is 5.13. The maximum Gasteiger partial charge on any atom is 0.298 e. The number of piperidine rings is 1. The maximum atomic E-state index is 12.8. The van der Waals surface area contributed by atoms with E-state index in [9.17, 15) is 4.79 Å². The number of benzene rings is 1. The third kappa shape index (κ3) is 3.35. The molecule has 0 aliphatic carbocycles. The second-order valence-electron chi connectivity index (χ2n) is 7.23. The summed E-state index contributed by atoms with van der Waals surface area (Å²) in [7, 11) is 0. The molecule has 2 atom stereocenters. The minimum absolute atomic E-state index is 0.0955. The van der Waals surface area contributed by atoms with Crippen LogP contribution in [0.15, 0.2) is 28.7 Å². The second kappa shape index (κ2) is 6.67. The monoisotopic (exact) mass is 343 g/mol. The summed E-state index contributed by atoms with van der Waals surface area (Å²) in [6.07, 6.45) is 1.93. The van der Waals surface area contributed by atoms with Gasteiger partial charge in [-0.2, -0.15) is 4.98 Å². The molecule has 25 heavy (non-hydrogen) atoms. The van der Waals surface area contributed by atoms with Crippen molar-refractivity contribution in [3.63, 3.8) is 0 Å². The van der Waals surface area contributed by atoms with Gasteiger partial charge in [0, 0.05) is 32.1 Å². The Hall–Kier alpha value is -2.08. The molecule has 1 aromatic heterocycles. The number of aromatic nitrogens is 1. The van der Waals surface area contributed by atoms with E-state index in [4.69, 9.17) is 9.15 Å². The predicted molar refractivity (Wildman–Crippen MR) is 95.5 cm³/mol. The molecule has 2 aromatic rings. The normalized spacial score (nSPS) is 25.5. The molecule has 6 heteroatoms. The molecule has 0 N–H and O–H groups in total. The van der Waals surface area contributed by atoms with Crippen molar-refractivity contribution in [1.82, 2.24) is 9.88 Å². The largest absolute Gasteiger partial charge is 0.423 e. The lowest BCUT2D eigenvalue weighted by atomic mass is 9.95. The summed E-state index contributed by atoms with van der Waals surface area (Å²) in [6, 6.07) is 8.47. The highest BCUT2D eigenvalue weighted by Crippen LogP contribution is 2.27. The van der Waals surface area contributed by atoms with Gasteiger partial charge in [-0.15, -0.1) is 0 Å². The van der Waals surface area contributed by atoms with Gasteiger partial charge in [0.25, 0.3) is 6.01 Å². The highest BCUT2D eigenvalue weighted by Gasteiger charge is 2.33. The summed E-state index contributed by atoms with van der Waals surface area (Å²) in [4.78, 5) is 21.5. The molecule has 0 bridgehead atoms. The Labute approximate surface area is 147 Å². The molecule has 1 amide bonds. The molecule has 0 saturated carbocycles. The van der Waals surface area contributed by atoms with Crippen LogP contribution < -0.4 is 4.90 Å². The Morgan fingerprint density at radius 2 is 1.80 bits per heavy atom. The van der Waals surface area contributed by atoms with E-state index in [0.717, 1.165) is 37.0 Å². The van der Waals surface area contributed by atoms with Crippen LogP contribution >= 0.6 is 0 Å². The van der Waals surface area contributed by atoms with E-state index < -0.39 is 0 Å². The van der Waals surface area contributed by atoms with Gasteiger partial charge >= 0.3 is 0 Å². The lowest BCUT2D eigenvalue weighted by Crippen LogP contribution is -2.51. The topological polar surface area (TPSA) is 58.8 Å². The molecule has 2 aliphatic rings. The fourth-order valence-corrected chi connectivity index (χ4v) is 3.93. The van der Waals surface area contributed by atoms with Crippen LogP contribution in [0.3, 0.4) is 0 Å². The lowest BCUT2D eigenvalue weighted by molar-refractivity contribution is -0.148. The number of carbonyl (C=O) groups excluding carboxylic acids is 1. The molecule has 2 fully saturated rings. The molecule has 2 aliphatic heterocycles. The first-order chi connectivity index (χ1) is 12.1. The summed E-state index contributed by atoms with van der Waals surface area (Å²) in [5.74, 6) is 0.373. The number of carbonyl (C=O) groups is 1. The number of hydrogen-bond donors (Lipinski definition) is 0. The Morgan fingerprint density at radius 1 is 1.12 bits per heavy atom. The maximum absolute atomic E-state index is 12.8. The van der Waals surface area contributed by atoms with Crippen molar-refractivity contribution in [2.24, 2.45) is 5.92 Å². The van der Waals surface area contributed by atoms with Crippen molar-refractivity contribution >= 4 is 23.0 Å². The number of nitrogens with zero attached hydrogens (tertiary/aromatic N) is 3. The summed E-state index contributed by atoms with van der Waals surface area (Å²) < 4.78 is 11.6. The van der Waals surface area contributed by atoms with Crippen LogP contribution in [0.5, 0.6) is 0 Å². The molecule has 2 saturated heterocycles. The van der Waals surface area contributed by atoms with Gasteiger partial charge in [-0.3, -0.25) is 4.79 Å². The van der Waals surface area contributed by atoms with Gasteiger partial charge in [0.15, 0.2) is 5.58 Å². The SMILES string of the molecule is CC1CN(C(=O)C2CCN(c3nc4ccccc4o3)CC2)CC(C)O1. The average Bonchev–Trinajstić information content (AvgIpc) is 3.04.